The quantitative estimate of drug-likeness (QED) is 0.609. The van der Waals surface area contributed by atoms with Gasteiger partial charge in [0.2, 0.25) is 0 Å². The number of esters is 1. The predicted molar refractivity (Wildman–Crippen MR) is 73.7 cm³/mol. The first kappa shape index (κ1) is 15.0. The van der Waals surface area contributed by atoms with Gasteiger partial charge in [-0.3, -0.25) is 4.79 Å². The Morgan fingerprint density at radius 1 is 1.44 bits per heavy atom. The van der Waals surface area contributed by atoms with Gasteiger partial charge in [-0.15, -0.1) is 0 Å². The lowest BCUT2D eigenvalue weighted by Gasteiger charge is -2.15. The number of ether oxygens (including phenoxy) is 1. The second-order valence-electron chi connectivity index (χ2n) is 4.20. The van der Waals surface area contributed by atoms with Crippen LogP contribution in [-0.2, 0) is 9.53 Å². The summed E-state index contributed by atoms with van der Waals surface area (Å²) in [7, 11) is 0. The van der Waals surface area contributed by atoms with Crippen LogP contribution in [-0.4, -0.2) is 19.1 Å². The Balaban J connectivity index is 2.35. The highest BCUT2D eigenvalue weighted by Crippen LogP contribution is 2.21. The average Bonchev–Trinajstić information content (AvgIpc) is 2.37. The van der Waals surface area contributed by atoms with Gasteiger partial charge >= 0.3 is 5.97 Å². The van der Waals surface area contributed by atoms with Crippen LogP contribution >= 0.6 is 11.6 Å². The molecule has 0 spiro atoms. The molecule has 0 heterocycles. The zero-order valence-electron chi connectivity index (χ0n) is 10.9. The highest BCUT2D eigenvalue weighted by molar-refractivity contribution is 6.31. The lowest BCUT2D eigenvalue weighted by atomic mass is 10.1. The van der Waals surface area contributed by atoms with E-state index in [0.29, 0.717) is 11.6 Å². The molecule has 0 fully saturated rings. The van der Waals surface area contributed by atoms with Gasteiger partial charge in [-0.2, -0.15) is 0 Å². The lowest BCUT2D eigenvalue weighted by molar-refractivity contribution is -0.142. The number of carbonyl (C=O) groups is 1. The molecule has 0 radical (unpaired) electrons. The standard InChI is InChI=1S/C14H20ClNO2/c1-3-4-9-18-14(17)10-16-11(2)12-7-5-6-8-13(12)15/h5-8,11,16H,3-4,9-10H2,1-2H3/t11-/m0/s1. The van der Waals surface area contributed by atoms with Crippen LogP contribution in [0, 0.1) is 0 Å². The summed E-state index contributed by atoms with van der Waals surface area (Å²) in [5.74, 6) is -0.220. The van der Waals surface area contributed by atoms with Crippen molar-refractivity contribution in [2.24, 2.45) is 0 Å². The normalized spacial score (nSPS) is 12.2. The summed E-state index contributed by atoms with van der Waals surface area (Å²) in [4.78, 5) is 11.4. The molecule has 1 rings (SSSR count). The van der Waals surface area contributed by atoms with E-state index in [1.807, 2.05) is 31.2 Å². The molecule has 3 nitrogen and oxygen atoms in total. The lowest BCUT2D eigenvalue weighted by Crippen LogP contribution is -2.27. The van der Waals surface area contributed by atoms with Crippen molar-refractivity contribution < 1.29 is 9.53 Å². The predicted octanol–water partition coefficient (Wildman–Crippen LogP) is 3.33. The van der Waals surface area contributed by atoms with Crippen LogP contribution in [0.4, 0.5) is 0 Å². The van der Waals surface area contributed by atoms with Crippen LogP contribution in [0.25, 0.3) is 0 Å². The first-order valence-corrected chi connectivity index (χ1v) is 6.66. The van der Waals surface area contributed by atoms with Gasteiger partial charge in [0.1, 0.15) is 0 Å². The molecule has 4 heteroatoms. The minimum Gasteiger partial charge on any atom is -0.465 e. The van der Waals surface area contributed by atoms with Gasteiger partial charge in [-0.25, -0.2) is 0 Å². The first-order valence-electron chi connectivity index (χ1n) is 6.28. The van der Waals surface area contributed by atoms with Crippen LogP contribution in [0.2, 0.25) is 5.02 Å². The summed E-state index contributed by atoms with van der Waals surface area (Å²) in [6, 6.07) is 7.63. The van der Waals surface area contributed by atoms with Gasteiger partial charge in [-0.1, -0.05) is 43.1 Å². The van der Waals surface area contributed by atoms with Crippen molar-refractivity contribution in [3.8, 4) is 0 Å². The number of hydrogen-bond donors (Lipinski definition) is 1. The molecule has 0 amide bonds. The third-order valence-electron chi connectivity index (χ3n) is 2.69. The van der Waals surface area contributed by atoms with Crippen molar-refractivity contribution in [3.05, 3.63) is 34.9 Å². The Bertz CT molecular complexity index is 382. The van der Waals surface area contributed by atoms with Crippen molar-refractivity contribution in [1.29, 1.82) is 0 Å². The monoisotopic (exact) mass is 269 g/mol. The van der Waals surface area contributed by atoms with Crippen LogP contribution in [0.5, 0.6) is 0 Å². The van der Waals surface area contributed by atoms with Gasteiger partial charge in [-0.05, 0) is 25.0 Å². The van der Waals surface area contributed by atoms with Gasteiger partial charge < -0.3 is 10.1 Å². The number of halogens is 1. The second kappa shape index (κ2) is 8.11. The Morgan fingerprint density at radius 2 is 2.17 bits per heavy atom. The summed E-state index contributed by atoms with van der Waals surface area (Å²) >= 11 is 6.08. The molecule has 18 heavy (non-hydrogen) atoms. The number of rotatable bonds is 7. The molecule has 0 aliphatic heterocycles. The van der Waals surface area contributed by atoms with E-state index in [1.165, 1.54) is 0 Å². The Morgan fingerprint density at radius 3 is 2.83 bits per heavy atom. The number of hydrogen-bond acceptors (Lipinski definition) is 3. The third-order valence-corrected chi connectivity index (χ3v) is 3.03. The third kappa shape index (κ3) is 5.07. The van der Waals surface area contributed by atoms with E-state index in [9.17, 15) is 4.79 Å². The van der Waals surface area contributed by atoms with E-state index in [0.717, 1.165) is 18.4 Å². The molecule has 1 aromatic rings. The number of nitrogens with one attached hydrogen (secondary N) is 1. The van der Waals surface area contributed by atoms with Crippen molar-refractivity contribution >= 4 is 17.6 Å². The highest BCUT2D eigenvalue weighted by Gasteiger charge is 2.10. The maximum atomic E-state index is 11.4. The van der Waals surface area contributed by atoms with Crippen molar-refractivity contribution in [1.82, 2.24) is 5.32 Å². The molecule has 1 atom stereocenters. The zero-order chi connectivity index (χ0) is 13.4. The summed E-state index contributed by atoms with van der Waals surface area (Å²) < 4.78 is 5.06. The average molecular weight is 270 g/mol. The SMILES string of the molecule is CCCCOC(=O)CN[C@@H](C)c1ccccc1Cl. The van der Waals surface area contributed by atoms with Crippen molar-refractivity contribution in [2.75, 3.05) is 13.2 Å². The molecule has 1 N–H and O–H groups in total. The highest BCUT2D eigenvalue weighted by atomic mass is 35.5. The minimum atomic E-state index is -0.220. The second-order valence-corrected chi connectivity index (χ2v) is 4.61. The summed E-state index contributed by atoms with van der Waals surface area (Å²) in [5, 5.41) is 3.81. The fourth-order valence-corrected chi connectivity index (χ4v) is 1.85. The zero-order valence-corrected chi connectivity index (χ0v) is 11.7. The molecule has 0 aromatic heterocycles. The van der Waals surface area contributed by atoms with E-state index < -0.39 is 0 Å². The summed E-state index contributed by atoms with van der Waals surface area (Å²) in [5.41, 5.74) is 0.987. The Kier molecular flexibility index (Phi) is 6.76. The summed E-state index contributed by atoms with van der Waals surface area (Å²) in [6.45, 7) is 4.74. The molecule has 0 bridgehead atoms. The molecule has 100 valence electrons. The Hall–Kier alpha value is -1.06. The van der Waals surface area contributed by atoms with Crippen molar-refractivity contribution in [2.45, 2.75) is 32.7 Å². The fraction of sp³-hybridized carbons (Fsp3) is 0.500. The first-order chi connectivity index (χ1) is 8.65. The fourth-order valence-electron chi connectivity index (χ4n) is 1.55. The minimum absolute atomic E-state index is 0.0254. The molecular formula is C14H20ClNO2. The maximum Gasteiger partial charge on any atom is 0.319 e. The van der Waals surface area contributed by atoms with Gasteiger partial charge in [0, 0.05) is 11.1 Å². The molecular weight excluding hydrogens is 250 g/mol. The molecule has 0 aliphatic carbocycles. The van der Waals surface area contributed by atoms with Gasteiger partial charge in [0.25, 0.3) is 0 Å². The number of benzene rings is 1. The van der Waals surface area contributed by atoms with Gasteiger partial charge in [0.15, 0.2) is 0 Å². The van der Waals surface area contributed by atoms with E-state index >= 15 is 0 Å². The number of unbranched alkanes of at least 4 members (excludes halogenated alkanes) is 1. The van der Waals surface area contributed by atoms with E-state index in [2.05, 4.69) is 12.2 Å². The van der Waals surface area contributed by atoms with Crippen LogP contribution in [0.1, 0.15) is 38.3 Å². The van der Waals surface area contributed by atoms with Crippen molar-refractivity contribution in [3.63, 3.8) is 0 Å². The largest absolute Gasteiger partial charge is 0.465 e. The van der Waals surface area contributed by atoms with E-state index in [1.54, 1.807) is 0 Å². The summed E-state index contributed by atoms with van der Waals surface area (Å²) in [6.07, 6.45) is 1.93. The molecule has 0 saturated carbocycles. The topological polar surface area (TPSA) is 38.3 Å². The van der Waals surface area contributed by atoms with Crippen LogP contribution in [0.3, 0.4) is 0 Å². The smallest absolute Gasteiger partial charge is 0.319 e. The van der Waals surface area contributed by atoms with E-state index in [4.69, 9.17) is 16.3 Å². The molecule has 0 aliphatic rings. The van der Waals surface area contributed by atoms with Crippen LogP contribution < -0.4 is 5.32 Å². The maximum absolute atomic E-state index is 11.4. The molecule has 0 unspecified atom stereocenters. The van der Waals surface area contributed by atoms with E-state index in [-0.39, 0.29) is 18.6 Å². The van der Waals surface area contributed by atoms with Gasteiger partial charge in [0.05, 0.1) is 13.2 Å². The number of carbonyl (C=O) groups excluding carboxylic acids is 1. The molecule has 0 saturated heterocycles. The molecule has 1 aromatic carbocycles. The van der Waals surface area contributed by atoms with Crippen LogP contribution in [0.15, 0.2) is 24.3 Å². The Labute approximate surface area is 113 Å².